The van der Waals surface area contributed by atoms with Gasteiger partial charge in [-0.3, -0.25) is 4.79 Å². The first-order valence-electron chi connectivity index (χ1n) is 11.1. The van der Waals surface area contributed by atoms with Crippen LogP contribution < -0.4 is 15.4 Å². The van der Waals surface area contributed by atoms with Crippen LogP contribution in [-0.4, -0.2) is 39.1 Å². The normalized spacial score (nSPS) is 21.3. The van der Waals surface area contributed by atoms with Crippen LogP contribution in [0.15, 0.2) is 24.4 Å². The van der Waals surface area contributed by atoms with E-state index < -0.39 is 11.9 Å². The fraction of sp³-hybridized carbons (Fsp3) is 0.545. The van der Waals surface area contributed by atoms with Gasteiger partial charge in [0, 0.05) is 22.7 Å². The SMILES string of the molecule is O=C(Cc1c(F)cccc1Cl)N[C@H]1CC[C@@H](n2cc(OC(=O)NC3CCCC3)nn2)CC1. The fourth-order valence-electron chi connectivity index (χ4n) is 4.47. The summed E-state index contributed by atoms with van der Waals surface area (Å²) in [6.07, 6.45) is 8.39. The summed E-state index contributed by atoms with van der Waals surface area (Å²) in [5.41, 5.74) is 0.215. The lowest BCUT2D eigenvalue weighted by molar-refractivity contribution is -0.121. The van der Waals surface area contributed by atoms with Gasteiger partial charge >= 0.3 is 6.09 Å². The number of nitrogens with one attached hydrogen (secondary N) is 2. The highest BCUT2D eigenvalue weighted by Gasteiger charge is 2.26. The third-order valence-electron chi connectivity index (χ3n) is 6.20. The standard InChI is InChI=1S/C22H27ClFN5O3/c23-18-6-3-7-19(24)17(18)12-20(30)25-15-8-10-16(11-9-15)29-13-21(27-28-29)32-22(31)26-14-4-1-2-5-14/h3,6-7,13-16H,1-2,4-5,8-12H2,(H,25,30)(H,26,31)/t15-,16+. The Morgan fingerprint density at radius 3 is 2.53 bits per heavy atom. The van der Waals surface area contributed by atoms with E-state index in [1.54, 1.807) is 16.9 Å². The molecule has 0 unspecified atom stereocenters. The first kappa shape index (κ1) is 22.5. The summed E-state index contributed by atoms with van der Waals surface area (Å²) in [6, 6.07) is 4.70. The number of hydrogen-bond donors (Lipinski definition) is 2. The van der Waals surface area contributed by atoms with E-state index in [9.17, 15) is 14.0 Å². The van der Waals surface area contributed by atoms with E-state index >= 15 is 0 Å². The Bertz CT molecular complexity index is 935. The largest absolute Gasteiger partial charge is 0.414 e. The maximum atomic E-state index is 13.9. The first-order chi connectivity index (χ1) is 15.5. The second-order valence-electron chi connectivity index (χ2n) is 8.50. The average molecular weight is 464 g/mol. The van der Waals surface area contributed by atoms with E-state index in [0.717, 1.165) is 51.4 Å². The molecule has 172 valence electrons. The summed E-state index contributed by atoms with van der Waals surface area (Å²) in [6.45, 7) is 0. The van der Waals surface area contributed by atoms with Crippen LogP contribution in [-0.2, 0) is 11.2 Å². The molecule has 0 aliphatic heterocycles. The Hall–Kier alpha value is -2.68. The van der Waals surface area contributed by atoms with Crippen LogP contribution in [0.1, 0.15) is 63.0 Å². The highest BCUT2D eigenvalue weighted by molar-refractivity contribution is 6.31. The molecule has 0 bridgehead atoms. The van der Waals surface area contributed by atoms with Crippen molar-refractivity contribution in [2.24, 2.45) is 0 Å². The number of amides is 2. The van der Waals surface area contributed by atoms with E-state index in [-0.39, 0.29) is 46.9 Å². The highest BCUT2D eigenvalue weighted by Crippen LogP contribution is 2.29. The predicted molar refractivity (Wildman–Crippen MR) is 116 cm³/mol. The van der Waals surface area contributed by atoms with Crippen molar-refractivity contribution in [3.63, 3.8) is 0 Å². The lowest BCUT2D eigenvalue weighted by Gasteiger charge is -2.29. The van der Waals surface area contributed by atoms with Gasteiger partial charge in [0.1, 0.15) is 5.82 Å². The Kier molecular flexibility index (Phi) is 7.24. The van der Waals surface area contributed by atoms with Crippen LogP contribution in [0.5, 0.6) is 5.88 Å². The number of halogens is 2. The molecule has 10 heteroatoms. The molecule has 2 fully saturated rings. The van der Waals surface area contributed by atoms with Gasteiger partial charge in [0.2, 0.25) is 5.91 Å². The number of hydrogen-bond acceptors (Lipinski definition) is 5. The van der Waals surface area contributed by atoms with Crippen LogP contribution in [0.3, 0.4) is 0 Å². The van der Waals surface area contributed by atoms with Gasteiger partial charge in [0.25, 0.3) is 5.88 Å². The van der Waals surface area contributed by atoms with Crippen LogP contribution in [0.2, 0.25) is 5.02 Å². The molecule has 2 aromatic rings. The Labute approximate surface area is 190 Å². The van der Waals surface area contributed by atoms with Gasteiger partial charge < -0.3 is 15.4 Å². The van der Waals surface area contributed by atoms with Crippen LogP contribution >= 0.6 is 11.6 Å². The molecule has 2 saturated carbocycles. The Morgan fingerprint density at radius 2 is 1.81 bits per heavy atom. The predicted octanol–water partition coefficient (Wildman–Crippen LogP) is 3.94. The molecule has 4 rings (SSSR count). The van der Waals surface area contributed by atoms with Gasteiger partial charge in [-0.25, -0.2) is 13.9 Å². The fourth-order valence-corrected chi connectivity index (χ4v) is 4.70. The van der Waals surface area contributed by atoms with Crippen molar-refractivity contribution >= 4 is 23.6 Å². The van der Waals surface area contributed by atoms with E-state index in [1.807, 2.05) is 0 Å². The van der Waals surface area contributed by atoms with E-state index in [0.29, 0.717) is 0 Å². The van der Waals surface area contributed by atoms with Gasteiger partial charge in [-0.1, -0.05) is 40.8 Å². The number of ether oxygens (including phenoxy) is 1. The zero-order chi connectivity index (χ0) is 22.5. The van der Waals surface area contributed by atoms with Crippen LogP contribution in [0, 0.1) is 5.82 Å². The van der Waals surface area contributed by atoms with Crippen molar-refractivity contribution in [1.82, 2.24) is 25.6 Å². The molecular formula is C22H27ClFN5O3. The van der Waals surface area contributed by atoms with Crippen molar-refractivity contribution in [3.8, 4) is 5.88 Å². The van der Waals surface area contributed by atoms with E-state index in [1.165, 1.54) is 12.1 Å². The van der Waals surface area contributed by atoms with Crippen molar-refractivity contribution in [2.45, 2.75) is 75.9 Å². The summed E-state index contributed by atoms with van der Waals surface area (Å²) >= 11 is 6.01. The second kappa shape index (κ2) is 10.3. The lowest BCUT2D eigenvalue weighted by atomic mass is 9.91. The Morgan fingerprint density at radius 1 is 1.09 bits per heavy atom. The number of rotatable bonds is 6. The highest BCUT2D eigenvalue weighted by atomic mass is 35.5. The number of nitrogens with zero attached hydrogens (tertiary/aromatic N) is 3. The molecular weight excluding hydrogens is 437 g/mol. The van der Waals surface area contributed by atoms with Gasteiger partial charge in [-0.2, -0.15) is 0 Å². The van der Waals surface area contributed by atoms with Crippen molar-refractivity contribution in [1.29, 1.82) is 0 Å². The average Bonchev–Trinajstić information content (AvgIpc) is 3.44. The summed E-state index contributed by atoms with van der Waals surface area (Å²) in [7, 11) is 0. The molecule has 0 saturated heterocycles. The van der Waals surface area contributed by atoms with Crippen LogP contribution in [0.4, 0.5) is 9.18 Å². The van der Waals surface area contributed by atoms with E-state index in [2.05, 4.69) is 20.9 Å². The minimum atomic E-state index is -0.495. The smallest absolute Gasteiger partial charge is 0.388 e. The Balaban J connectivity index is 1.22. The molecule has 2 N–H and O–H groups in total. The molecule has 0 radical (unpaired) electrons. The first-order valence-corrected chi connectivity index (χ1v) is 11.5. The zero-order valence-corrected chi connectivity index (χ0v) is 18.5. The summed E-state index contributed by atoms with van der Waals surface area (Å²) in [4.78, 5) is 24.3. The summed E-state index contributed by atoms with van der Waals surface area (Å²) in [5, 5.41) is 14.1. The number of aromatic nitrogens is 3. The van der Waals surface area contributed by atoms with Crippen molar-refractivity contribution < 1.29 is 18.7 Å². The molecule has 0 spiro atoms. The quantitative estimate of drug-likeness (QED) is 0.676. The summed E-state index contributed by atoms with van der Waals surface area (Å²) in [5.74, 6) is -0.541. The van der Waals surface area contributed by atoms with Gasteiger partial charge in [-0.05, 0) is 50.7 Å². The molecule has 1 aromatic heterocycles. The minimum absolute atomic E-state index is 0.0146. The van der Waals surface area contributed by atoms with E-state index in [4.69, 9.17) is 16.3 Å². The van der Waals surface area contributed by atoms with Gasteiger partial charge in [0.05, 0.1) is 18.7 Å². The molecule has 0 atom stereocenters. The molecule has 1 aromatic carbocycles. The third-order valence-corrected chi connectivity index (χ3v) is 6.55. The van der Waals surface area contributed by atoms with Crippen molar-refractivity contribution in [2.75, 3.05) is 0 Å². The molecule has 1 heterocycles. The lowest BCUT2D eigenvalue weighted by Crippen LogP contribution is -2.39. The van der Waals surface area contributed by atoms with Gasteiger partial charge in [0.15, 0.2) is 0 Å². The van der Waals surface area contributed by atoms with Crippen LogP contribution in [0.25, 0.3) is 0 Å². The second-order valence-corrected chi connectivity index (χ2v) is 8.91. The molecule has 32 heavy (non-hydrogen) atoms. The maximum absolute atomic E-state index is 13.9. The monoisotopic (exact) mass is 463 g/mol. The summed E-state index contributed by atoms with van der Waals surface area (Å²) < 4.78 is 20.9. The van der Waals surface area contributed by atoms with Crippen molar-refractivity contribution in [3.05, 3.63) is 40.8 Å². The maximum Gasteiger partial charge on any atom is 0.414 e. The zero-order valence-electron chi connectivity index (χ0n) is 17.7. The minimum Gasteiger partial charge on any atom is -0.388 e. The third kappa shape index (κ3) is 5.76. The molecule has 8 nitrogen and oxygen atoms in total. The molecule has 2 aliphatic carbocycles. The number of carbonyl (C=O) groups excluding carboxylic acids is 2. The van der Waals surface area contributed by atoms with Gasteiger partial charge in [-0.15, -0.1) is 0 Å². The molecule has 2 amide bonds. The number of carbonyl (C=O) groups is 2. The number of benzene rings is 1. The molecule has 2 aliphatic rings. The topological polar surface area (TPSA) is 98.1 Å².